The van der Waals surface area contributed by atoms with E-state index in [0.29, 0.717) is 0 Å². The highest BCUT2D eigenvalue weighted by Gasteiger charge is 2.38. The third-order valence-electron chi connectivity index (χ3n) is 2.22. The fraction of sp³-hybridized carbons (Fsp3) is 0.714. The molecule has 2 unspecified atom stereocenters. The van der Waals surface area contributed by atoms with E-state index in [1.54, 1.807) is 0 Å². The van der Waals surface area contributed by atoms with Gasteiger partial charge in [-0.05, 0) is 0 Å². The summed E-state index contributed by atoms with van der Waals surface area (Å²) in [6.07, 6.45) is -0.0186. The van der Waals surface area contributed by atoms with Gasteiger partial charge in [-0.15, -0.1) is 0 Å². The van der Waals surface area contributed by atoms with Crippen molar-refractivity contribution in [2.75, 3.05) is 12.3 Å². The third kappa shape index (κ3) is 3.15. The van der Waals surface area contributed by atoms with Crippen LogP contribution in [-0.4, -0.2) is 59.2 Å². The molecule has 0 saturated carbocycles. The number of nitrogens with zero attached hydrogens (tertiary/aromatic N) is 1. The highest BCUT2D eigenvalue weighted by atomic mass is 32.2. The molecule has 8 nitrogen and oxygen atoms in total. The number of rotatable bonds is 4. The molecule has 1 saturated heterocycles. The predicted molar refractivity (Wildman–Crippen MR) is 52.1 cm³/mol. The van der Waals surface area contributed by atoms with Gasteiger partial charge in [0.05, 0.1) is 0 Å². The molecule has 16 heavy (non-hydrogen) atoms. The molecule has 9 heteroatoms. The van der Waals surface area contributed by atoms with E-state index in [9.17, 15) is 18.0 Å². The minimum absolute atomic E-state index is 0.0186. The number of carboxylic acid groups (broad SMARTS) is 1. The van der Waals surface area contributed by atoms with E-state index >= 15 is 0 Å². The number of carbonyl (C=O) groups excluding carboxylic acids is 1. The Hall–Kier alpha value is -1.19. The van der Waals surface area contributed by atoms with Gasteiger partial charge in [0.25, 0.3) is 10.1 Å². The lowest BCUT2D eigenvalue weighted by molar-refractivity contribution is -0.147. The average molecular weight is 252 g/mol. The number of aliphatic carboxylic acids is 1. The topological polar surface area (TPSA) is 138 Å². The highest BCUT2D eigenvalue weighted by Crippen LogP contribution is 2.14. The van der Waals surface area contributed by atoms with Crippen molar-refractivity contribution in [3.05, 3.63) is 0 Å². The molecule has 0 aliphatic carbocycles. The van der Waals surface area contributed by atoms with Crippen molar-refractivity contribution in [2.24, 2.45) is 5.73 Å². The summed E-state index contributed by atoms with van der Waals surface area (Å²) < 4.78 is 29.8. The molecule has 1 fully saturated rings. The summed E-state index contributed by atoms with van der Waals surface area (Å²) in [6, 6.07) is -2.09. The van der Waals surface area contributed by atoms with E-state index in [1.807, 2.05) is 0 Å². The van der Waals surface area contributed by atoms with Crippen molar-refractivity contribution in [1.29, 1.82) is 0 Å². The molecular weight excluding hydrogens is 240 g/mol. The predicted octanol–water partition coefficient (Wildman–Crippen LogP) is -2.11. The molecule has 0 aromatic heterocycles. The van der Waals surface area contributed by atoms with Crippen LogP contribution in [0.15, 0.2) is 0 Å². The second kappa shape index (κ2) is 4.36. The van der Waals surface area contributed by atoms with E-state index in [2.05, 4.69) is 0 Å². The lowest BCUT2D eigenvalue weighted by Gasteiger charge is -2.23. The maximum absolute atomic E-state index is 11.3. The largest absolute Gasteiger partial charge is 0.480 e. The molecule has 0 bridgehead atoms. The third-order valence-corrected chi connectivity index (χ3v) is 2.96. The quantitative estimate of drug-likeness (QED) is 0.486. The number of carbonyl (C=O) groups is 2. The first-order valence-corrected chi connectivity index (χ1v) is 6.04. The van der Waals surface area contributed by atoms with E-state index < -0.39 is 39.8 Å². The smallest absolute Gasteiger partial charge is 0.327 e. The van der Waals surface area contributed by atoms with Gasteiger partial charge in [0.1, 0.15) is 11.8 Å². The molecule has 2 atom stereocenters. The van der Waals surface area contributed by atoms with Crippen LogP contribution in [0.2, 0.25) is 0 Å². The van der Waals surface area contributed by atoms with Gasteiger partial charge in [-0.25, -0.2) is 4.79 Å². The fourth-order valence-corrected chi connectivity index (χ4v) is 2.28. The molecule has 0 aromatic carbocycles. The summed E-state index contributed by atoms with van der Waals surface area (Å²) in [5.41, 5.74) is 5.45. The van der Waals surface area contributed by atoms with Crippen molar-refractivity contribution in [3.63, 3.8) is 0 Å². The Labute approximate surface area is 91.8 Å². The van der Waals surface area contributed by atoms with Gasteiger partial charge in [0.2, 0.25) is 5.91 Å². The van der Waals surface area contributed by atoms with Crippen LogP contribution in [0.3, 0.4) is 0 Å². The first-order chi connectivity index (χ1) is 7.20. The molecule has 1 aliphatic heterocycles. The number of hydrogen-bond acceptors (Lipinski definition) is 5. The summed E-state index contributed by atoms with van der Waals surface area (Å²) in [6.45, 7) is -0.0225. The van der Waals surface area contributed by atoms with Crippen molar-refractivity contribution in [1.82, 2.24) is 4.90 Å². The van der Waals surface area contributed by atoms with Crippen molar-refractivity contribution in [2.45, 2.75) is 18.5 Å². The van der Waals surface area contributed by atoms with Gasteiger partial charge in [0, 0.05) is 19.0 Å². The maximum Gasteiger partial charge on any atom is 0.327 e. The molecule has 0 aromatic rings. The van der Waals surface area contributed by atoms with E-state index in [-0.39, 0.29) is 13.0 Å². The lowest BCUT2D eigenvalue weighted by Crippen LogP contribution is -2.47. The van der Waals surface area contributed by atoms with Crippen LogP contribution in [0.4, 0.5) is 0 Å². The number of carboxylic acids is 1. The molecule has 1 amide bonds. The number of hydrogen-bond donors (Lipinski definition) is 3. The monoisotopic (exact) mass is 252 g/mol. The van der Waals surface area contributed by atoms with E-state index in [1.165, 1.54) is 0 Å². The van der Waals surface area contributed by atoms with Gasteiger partial charge in [0.15, 0.2) is 0 Å². The molecule has 1 rings (SSSR count). The molecular formula is C7H12N2O6S. The van der Waals surface area contributed by atoms with Gasteiger partial charge in [-0.2, -0.15) is 8.42 Å². The normalized spacial score (nSPS) is 23.5. The summed E-state index contributed by atoms with van der Waals surface area (Å²) in [7, 11) is -4.46. The lowest BCUT2D eigenvalue weighted by atomic mass is 10.3. The van der Waals surface area contributed by atoms with Gasteiger partial charge in [-0.3, -0.25) is 9.35 Å². The first kappa shape index (κ1) is 12.9. The average Bonchev–Trinajstić information content (AvgIpc) is 2.39. The minimum Gasteiger partial charge on any atom is -0.480 e. The van der Waals surface area contributed by atoms with Crippen molar-refractivity contribution in [3.8, 4) is 0 Å². The Morgan fingerprint density at radius 1 is 1.62 bits per heavy atom. The molecule has 0 spiro atoms. The van der Waals surface area contributed by atoms with Crippen molar-refractivity contribution >= 4 is 22.0 Å². The second-order valence-corrected chi connectivity index (χ2v) is 5.11. The SMILES string of the molecule is NC1CC(=O)N(C(CS(=O)(=O)O)C(=O)O)C1. The molecule has 1 heterocycles. The summed E-state index contributed by atoms with van der Waals surface area (Å²) >= 11 is 0. The molecule has 92 valence electrons. The summed E-state index contributed by atoms with van der Waals surface area (Å²) in [5.74, 6) is -3.04. The Balaban J connectivity index is 2.87. The minimum atomic E-state index is -4.46. The standard InChI is InChI=1S/C7H12N2O6S/c8-4-1-6(10)9(2-4)5(7(11)12)3-16(13,14)15/h4-5H,1-3,8H2,(H,11,12)(H,13,14,15). The molecule has 0 radical (unpaired) electrons. The second-order valence-electron chi connectivity index (χ2n) is 3.61. The van der Waals surface area contributed by atoms with Gasteiger partial charge < -0.3 is 15.7 Å². The number of likely N-dealkylation sites (tertiary alicyclic amines) is 1. The molecule has 1 aliphatic rings. The Kier molecular flexibility index (Phi) is 3.51. The van der Waals surface area contributed by atoms with Crippen LogP contribution in [0.5, 0.6) is 0 Å². The zero-order valence-corrected chi connectivity index (χ0v) is 9.05. The van der Waals surface area contributed by atoms with Crippen LogP contribution in [0, 0.1) is 0 Å². The van der Waals surface area contributed by atoms with Crippen LogP contribution < -0.4 is 5.73 Å². The van der Waals surface area contributed by atoms with Gasteiger partial charge in [-0.1, -0.05) is 0 Å². The summed E-state index contributed by atoms with van der Waals surface area (Å²) in [5, 5.41) is 8.79. The zero-order chi connectivity index (χ0) is 12.5. The highest BCUT2D eigenvalue weighted by molar-refractivity contribution is 7.85. The van der Waals surface area contributed by atoms with Crippen LogP contribution in [0.1, 0.15) is 6.42 Å². The van der Waals surface area contributed by atoms with Crippen molar-refractivity contribution < 1.29 is 27.7 Å². The molecule has 4 N–H and O–H groups in total. The van der Waals surface area contributed by atoms with Crippen LogP contribution in [0.25, 0.3) is 0 Å². The number of nitrogens with two attached hydrogens (primary N) is 1. The van der Waals surface area contributed by atoms with Gasteiger partial charge >= 0.3 is 5.97 Å². The number of amides is 1. The Morgan fingerprint density at radius 3 is 2.50 bits per heavy atom. The fourth-order valence-electron chi connectivity index (χ4n) is 1.56. The Morgan fingerprint density at radius 2 is 2.19 bits per heavy atom. The summed E-state index contributed by atoms with van der Waals surface area (Å²) in [4.78, 5) is 23.0. The van der Waals surface area contributed by atoms with E-state index in [4.69, 9.17) is 15.4 Å². The Bertz CT molecular complexity index is 405. The van der Waals surface area contributed by atoms with Crippen LogP contribution in [-0.2, 0) is 19.7 Å². The maximum atomic E-state index is 11.3. The van der Waals surface area contributed by atoms with E-state index in [0.717, 1.165) is 4.90 Å². The first-order valence-electron chi connectivity index (χ1n) is 4.43. The van der Waals surface area contributed by atoms with Crippen LogP contribution >= 0.6 is 0 Å². The zero-order valence-electron chi connectivity index (χ0n) is 8.24.